The third-order valence-electron chi connectivity index (χ3n) is 0.637. The van der Waals surface area contributed by atoms with E-state index in [4.69, 9.17) is 5.11 Å². The average Bonchev–Trinajstić information content (AvgIpc) is 1.89. The van der Waals surface area contributed by atoms with Gasteiger partial charge in [-0.1, -0.05) is 35.1 Å². The van der Waals surface area contributed by atoms with E-state index in [-0.39, 0.29) is 14.8 Å². The Kier molecular flexibility index (Phi) is 19.0. The van der Waals surface area contributed by atoms with Crippen LogP contribution < -0.4 is 0 Å². The Morgan fingerprint density at radius 2 is 1.55 bits per heavy atom. The predicted molar refractivity (Wildman–Crippen MR) is 51.7 cm³/mol. The van der Waals surface area contributed by atoms with Crippen molar-refractivity contribution in [3.63, 3.8) is 0 Å². The minimum Gasteiger partial charge on any atom is -0.396 e. The summed E-state index contributed by atoms with van der Waals surface area (Å²) in [5.41, 5.74) is 0. The monoisotopic (exact) mass is 164 g/mol. The van der Waals surface area contributed by atoms with E-state index in [1.165, 1.54) is 0 Å². The van der Waals surface area contributed by atoms with Crippen LogP contribution in [-0.2, 0) is 4.79 Å². The molecular weight excluding hydrogens is 140 g/mol. The van der Waals surface area contributed by atoms with Crippen molar-refractivity contribution in [3.8, 4) is 0 Å². The van der Waals surface area contributed by atoms with Crippen molar-refractivity contribution < 1.29 is 11.3 Å². The quantitative estimate of drug-likeness (QED) is 0.636. The van der Waals surface area contributed by atoms with Gasteiger partial charge in [0.05, 0.1) is 0 Å². The Balaban J connectivity index is -0.0000000457. The van der Waals surface area contributed by atoms with Crippen molar-refractivity contribution >= 4 is 6.29 Å². The van der Waals surface area contributed by atoms with Crippen LogP contribution in [-0.4, -0.2) is 18.0 Å². The summed E-state index contributed by atoms with van der Waals surface area (Å²) in [4.78, 5) is 9.50. The smallest absolute Gasteiger partial charge is 0.122 e. The predicted octanol–water partition coefficient (Wildman–Crippen LogP) is 2.36. The Hall–Kier alpha value is -0.370. The molecule has 2 nitrogen and oxygen atoms in total. The molecule has 0 aromatic rings. The van der Waals surface area contributed by atoms with Gasteiger partial charge in [-0.2, -0.15) is 0 Å². The second-order valence-corrected chi connectivity index (χ2v) is 2.96. The Morgan fingerprint density at radius 3 is 1.55 bits per heavy atom. The summed E-state index contributed by atoms with van der Waals surface area (Å²) in [6, 6.07) is 0. The highest BCUT2D eigenvalue weighted by atomic mass is 16.3. The fraction of sp³-hybridized carbons (Fsp3) is 0.889. The molecule has 0 aromatic heterocycles. The lowest BCUT2D eigenvalue weighted by molar-refractivity contribution is -0.110. The molecule has 0 spiro atoms. The van der Waals surface area contributed by atoms with Gasteiger partial charge >= 0.3 is 0 Å². The average molecular weight is 164 g/mol. The molecule has 0 aliphatic heterocycles. The van der Waals surface area contributed by atoms with Crippen LogP contribution in [0.25, 0.3) is 0 Å². The first-order valence-electron chi connectivity index (χ1n) is 3.60. The molecule has 0 unspecified atom stereocenters. The van der Waals surface area contributed by atoms with Gasteiger partial charge in [-0.15, -0.1) is 0 Å². The number of aliphatic hydroxyl groups excluding tert-OH is 1. The third-order valence-corrected chi connectivity index (χ3v) is 0.637. The fourth-order valence-corrected chi connectivity index (χ4v) is 0. The van der Waals surface area contributed by atoms with E-state index < -0.39 is 0 Å². The number of rotatable bonds is 2. The van der Waals surface area contributed by atoms with Gasteiger partial charge in [-0.3, -0.25) is 0 Å². The van der Waals surface area contributed by atoms with Crippen LogP contribution >= 0.6 is 0 Å². The molecule has 0 bridgehead atoms. The van der Waals surface area contributed by atoms with E-state index >= 15 is 0 Å². The number of aliphatic hydroxyl groups is 1. The highest BCUT2D eigenvalue weighted by Gasteiger charge is 1.81. The molecule has 0 rings (SSSR count). The molecule has 11 heavy (non-hydrogen) atoms. The first-order chi connectivity index (χ1) is 4.54. The van der Waals surface area contributed by atoms with Crippen molar-refractivity contribution in [1.82, 2.24) is 0 Å². The second kappa shape index (κ2) is 12.3. The van der Waals surface area contributed by atoms with Gasteiger partial charge in [-0.05, 0) is 5.92 Å². The standard InChI is InChI=1S/C4H10O.C4H8O.CH4.H2/c2*1-4(2)3-5;;/h4-5H,3H2,1-2H3;3-4H,1-2H3;1H4;1H. The minimum atomic E-state index is 0. The molecule has 2 heteroatoms. The van der Waals surface area contributed by atoms with Crippen molar-refractivity contribution in [1.29, 1.82) is 0 Å². The lowest BCUT2D eigenvalue weighted by Gasteiger charge is -1.90. The van der Waals surface area contributed by atoms with Crippen molar-refractivity contribution in [3.05, 3.63) is 0 Å². The summed E-state index contributed by atoms with van der Waals surface area (Å²) in [6.45, 7) is 7.96. The zero-order valence-electron chi connectivity index (χ0n) is 7.29. The zero-order valence-corrected chi connectivity index (χ0v) is 7.29. The SMILES string of the molecule is C.CC(C)C=O.CC(C)CO.[HH]. The minimum absolute atomic E-state index is 0. The largest absolute Gasteiger partial charge is 0.396 e. The van der Waals surface area contributed by atoms with Crippen LogP contribution in [0, 0.1) is 11.8 Å². The van der Waals surface area contributed by atoms with Gasteiger partial charge in [0.1, 0.15) is 6.29 Å². The van der Waals surface area contributed by atoms with E-state index in [9.17, 15) is 4.79 Å². The van der Waals surface area contributed by atoms with Gasteiger partial charge in [0.15, 0.2) is 0 Å². The molecule has 0 saturated carbocycles. The van der Waals surface area contributed by atoms with Gasteiger partial charge in [0.2, 0.25) is 0 Å². The maximum Gasteiger partial charge on any atom is 0.122 e. The Morgan fingerprint density at radius 1 is 1.36 bits per heavy atom. The van der Waals surface area contributed by atoms with Crippen LogP contribution in [0.1, 0.15) is 36.5 Å². The molecule has 0 aromatic carbocycles. The van der Waals surface area contributed by atoms with Crippen LogP contribution in [0.2, 0.25) is 0 Å². The normalized spacial score (nSPS) is 8.27. The number of aldehydes is 1. The molecule has 0 radical (unpaired) electrons. The number of carbonyl (C=O) groups is 1. The number of hydrogen-bond acceptors (Lipinski definition) is 2. The molecule has 0 atom stereocenters. The molecule has 1 N–H and O–H groups in total. The van der Waals surface area contributed by atoms with Crippen LogP contribution in [0.5, 0.6) is 0 Å². The number of hydrogen-bond donors (Lipinski definition) is 1. The van der Waals surface area contributed by atoms with Crippen LogP contribution in [0.3, 0.4) is 0 Å². The second-order valence-electron chi connectivity index (χ2n) is 2.96. The molecular formula is C9H24O2. The Bertz CT molecular complexity index is 72.9. The fourth-order valence-electron chi connectivity index (χ4n) is 0. The molecule has 0 aliphatic carbocycles. The van der Waals surface area contributed by atoms with E-state index in [0.29, 0.717) is 12.5 Å². The van der Waals surface area contributed by atoms with Crippen molar-refractivity contribution in [2.45, 2.75) is 35.1 Å². The van der Waals surface area contributed by atoms with Gasteiger partial charge < -0.3 is 9.90 Å². The zero-order chi connectivity index (χ0) is 8.57. The van der Waals surface area contributed by atoms with Gasteiger partial charge in [0, 0.05) is 14.0 Å². The summed E-state index contributed by atoms with van der Waals surface area (Å²) in [7, 11) is 0. The molecule has 0 amide bonds. The third kappa shape index (κ3) is 42.5. The highest BCUT2D eigenvalue weighted by Crippen LogP contribution is 1.83. The lowest BCUT2D eigenvalue weighted by Crippen LogP contribution is -1.90. The first-order valence-corrected chi connectivity index (χ1v) is 3.60. The summed E-state index contributed by atoms with van der Waals surface area (Å²) in [6.07, 6.45) is 0.917. The topological polar surface area (TPSA) is 37.3 Å². The summed E-state index contributed by atoms with van der Waals surface area (Å²) < 4.78 is 0. The molecule has 0 heterocycles. The van der Waals surface area contributed by atoms with Gasteiger partial charge in [0.25, 0.3) is 0 Å². The van der Waals surface area contributed by atoms with E-state index in [0.717, 1.165) is 6.29 Å². The Labute approximate surface area is 72.1 Å². The van der Waals surface area contributed by atoms with Gasteiger partial charge in [-0.25, -0.2) is 0 Å². The van der Waals surface area contributed by atoms with Crippen LogP contribution in [0.15, 0.2) is 0 Å². The molecule has 72 valence electrons. The lowest BCUT2D eigenvalue weighted by atomic mass is 10.2. The van der Waals surface area contributed by atoms with E-state index in [1.54, 1.807) is 0 Å². The maximum absolute atomic E-state index is 9.50. The summed E-state index contributed by atoms with van der Waals surface area (Å²) in [5.74, 6) is 0.644. The van der Waals surface area contributed by atoms with Crippen molar-refractivity contribution in [2.24, 2.45) is 11.8 Å². The number of carbonyl (C=O) groups excluding carboxylic acids is 1. The summed E-state index contributed by atoms with van der Waals surface area (Å²) >= 11 is 0. The molecule has 0 saturated heterocycles. The first kappa shape index (κ1) is 16.9. The van der Waals surface area contributed by atoms with Crippen LogP contribution in [0.4, 0.5) is 0 Å². The van der Waals surface area contributed by atoms with E-state index in [2.05, 4.69) is 0 Å². The van der Waals surface area contributed by atoms with Crippen molar-refractivity contribution in [2.75, 3.05) is 6.61 Å². The van der Waals surface area contributed by atoms with E-state index in [1.807, 2.05) is 27.7 Å². The molecule has 0 aliphatic rings. The maximum atomic E-state index is 9.50. The summed E-state index contributed by atoms with van der Waals surface area (Å²) in [5, 5.41) is 8.14. The highest BCUT2D eigenvalue weighted by molar-refractivity contribution is 5.51. The molecule has 0 fully saturated rings.